The highest BCUT2D eigenvalue weighted by Crippen LogP contribution is 2.08. The van der Waals surface area contributed by atoms with Crippen LogP contribution in [0.2, 0.25) is 5.02 Å². The van der Waals surface area contributed by atoms with Crippen LogP contribution in [0.25, 0.3) is 0 Å². The monoisotopic (exact) mass is 295 g/mol. The van der Waals surface area contributed by atoms with E-state index in [2.05, 4.69) is 22.3 Å². The van der Waals surface area contributed by atoms with Gasteiger partial charge in [0.1, 0.15) is 5.69 Å². The summed E-state index contributed by atoms with van der Waals surface area (Å²) < 4.78 is 4.45. The standard InChI is InChI=1S/C7H7Cl.C7H7NO2S/c1-6-3-2-4-7(8)5-6;1-10-7(9)6-3-2-5(11)4-8-6/h2-5H,1H3;2-4,11H,1H3. The van der Waals surface area contributed by atoms with Gasteiger partial charge in [0.25, 0.3) is 0 Å². The van der Waals surface area contributed by atoms with Crippen molar-refractivity contribution >= 4 is 30.2 Å². The zero-order valence-electron chi connectivity index (χ0n) is 10.6. The largest absolute Gasteiger partial charge is 0.464 e. The van der Waals surface area contributed by atoms with Gasteiger partial charge in [-0.1, -0.05) is 23.7 Å². The molecule has 2 rings (SSSR count). The number of carbonyl (C=O) groups excluding carboxylic acids is 1. The highest BCUT2D eigenvalue weighted by molar-refractivity contribution is 7.80. The lowest BCUT2D eigenvalue weighted by Crippen LogP contribution is -2.02. The molecule has 2 aromatic rings. The van der Waals surface area contributed by atoms with Crippen molar-refractivity contribution in [1.29, 1.82) is 0 Å². The number of pyridine rings is 1. The summed E-state index contributed by atoms with van der Waals surface area (Å²) in [4.78, 5) is 15.3. The molecule has 0 saturated carbocycles. The Morgan fingerprint density at radius 3 is 2.47 bits per heavy atom. The van der Waals surface area contributed by atoms with Gasteiger partial charge in [-0.15, -0.1) is 12.6 Å². The van der Waals surface area contributed by atoms with E-state index in [0.717, 1.165) is 9.92 Å². The number of nitrogens with zero attached hydrogens (tertiary/aromatic N) is 1. The van der Waals surface area contributed by atoms with Crippen LogP contribution in [0.1, 0.15) is 16.1 Å². The van der Waals surface area contributed by atoms with Gasteiger partial charge in [0.15, 0.2) is 0 Å². The molecule has 1 aromatic carbocycles. The molecular weight excluding hydrogens is 282 g/mol. The molecule has 100 valence electrons. The predicted octanol–water partition coefficient (Wildman–Crippen LogP) is 3.81. The first-order chi connectivity index (χ1) is 9.02. The van der Waals surface area contributed by atoms with E-state index in [9.17, 15) is 4.79 Å². The molecule has 1 heterocycles. The number of hydrogen-bond donors (Lipinski definition) is 1. The molecule has 0 N–H and O–H groups in total. The van der Waals surface area contributed by atoms with E-state index >= 15 is 0 Å². The molecule has 0 atom stereocenters. The first-order valence-corrected chi connectivity index (χ1v) is 6.31. The Morgan fingerprint density at radius 2 is 2.05 bits per heavy atom. The zero-order valence-corrected chi connectivity index (χ0v) is 12.3. The van der Waals surface area contributed by atoms with Crippen LogP contribution in [0.4, 0.5) is 0 Å². The van der Waals surface area contributed by atoms with Gasteiger partial charge in [-0.3, -0.25) is 0 Å². The van der Waals surface area contributed by atoms with Crippen LogP contribution >= 0.6 is 24.2 Å². The van der Waals surface area contributed by atoms with Crippen LogP contribution < -0.4 is 0 Å². The van der Waals surface area contributed by atoms with E-state index in [4.69, 9.17) is 11.6 Å². The maximum absolute atomic E-state index is 10.8. The number of benzene rings is 1. The topological polar surface area (TPSA) is 39.2 Å². The lowest BCUT2D eigenvalue weighted by Gasteiger charge is -1.96. The van der Waals surface area contributed by atoms with Gasteiger partial charge in [-0.2, -0.15) is 0 Å². The first kappa shape index (κ1) is 15.5. The summed E-state index contributed by atoms with van der Waals surface area (Å²) in [6.07, 6.45) is 1.50. The molecule has 1 aromatic heterocycles. The number of hydrogen-bond acceptors (Lipinski definition) is 4. The highest BCUT2D eigenvalue weighted by atomic mass is 35.5. The summed E-state index contributed by atoms with van der Waals surface area (Å²) in [5.41, 5.74) is 1.50. The Morgan fingerprint density at radius 1 is 1.32 bits per heavy atom. The maximum Gasteiger partial charge on any atom is 0.356 e. The molecule has 5 heteroatoms. The molecule has 0 aliphatic carbocycles. The second kappa shape index (κ2) is 7.81. The molecule has 0 radical (unpaired) electrons. The molecule has 0 fully saturated rings. The van der Waals surface area contributed by atoms with Crippen molar-refractivity contribution in [3.63, 3.8) is 0 Å². The van der Waals surface area contributed by atoms with Gasteiger partial charge in [-0.05, 0) is 36.8 Å². The first-order valence-electron chi connectivity index (χ1n) is 5.48. The number of esters is 1. The van der Waals surface area contributed by atoms with Crippen molar-refractivity contribution in [3.8, 4) is 0 Å². The van der Waals surface area contributed by atoms with Gasteiger partial charge < -0.3 is 4.74 Å². The average Bonchev–Trinajstić information content (AvgIpc) is 2.39. The minimum absolute atomic E-state index is 0.297. The fourth-order valence-corrected chi connectivity index (χ4v) is 1.59. The molecule has 0 aliphatic heterocycles. The van der Waals surface area contributed by atoms with Gasteiger partial charge in [0.05, 0.1) is 7.11 Å². The smallest absolute Gasteiger partial charge is 0.356 e. The number of carbonyl (C=O) groups is 1. The van der Waals surface area contributed by atoms with Crippen LogP contribution in [0.3, 0.4) is 0 Å². The summed E-state index contributed by atoms with van der Waals surface area (Å²) >= 11 is 9.66. The van der Waals surface area contributed by atoms with Crippen molar-refractivity contribution in [2.75, 3.05) is 7.11 Å². The van der Waals surface area contributed by atoms with Crippen LogP contribution in [0.15, 0.2) is 47.5 Å². The Kier molecular flexibility index (Phi) is 6.39. The summed E-state index contributed by atoms with van der Waals surface area (Å²) in [5, 5.41) is 0.810. The summed E-state index contributed by atoms with van der Waals surface area (Å²) in [5.74, 6) is -0.432. The second-order valence-electron chi connectivity index (χ2n) is 3.69. The van der Waals surface area contributed by atoms with Gasteiger partial charge >= 0.3 is 5.97 Å². The van der Waals surface area contributed by atoms with E-state index < -0.39 is 5.97 Å². The van der Waals surface area contributed by atoms with Gasteiger partial charge in [0.2, 0.25) is 0 Å². The molecule has 3 nitrogen and oxygen atoms in total. The van der Waals surface area contributed by atoms with E-state index in [1.54, 1.807) is 12.1 Å². The quantitative estimate of drug-likeness (QED) is 0.642. The summed E-state index contributed by atoms with van der Waals surface area (Å²) in [6.45, 7) is 2.02. The minimum Gasteiger partial charge on any atom is -0.464 e. The predicted molar refractivity (Wildman–Crippen MR) is 79.0 cm³/mol. The van der Waals surface area contributed by atoms with Crippen molar-refractivity contribution < 1.29 is 9.53 Å². The Balaban J connectivity index is 0.000000200. The number of halogens is 1. The molecule has 0 spiro atoms. The third kappa shape index (κ3) is 5.77. The Hall–Kier alpha value is -1.52. The van der Waals surface area contributed by atoms with E-state index in [-0.39, 0.29) is 0 Å². The fourth-order valence-electron chi connectivity index (χ4n) is 1.22. The average molecular weight is 296 g/mol. The fraction of sp³-hybridized carbons (Fsp3) is 0.143. The summed E-state index contributed by atoms with van der Waals surface area (Å²) in [6, 6.07) is 11.0. The molecular formula is C14H14ClNO2S. The van der Waals surface area contributed by atoms with Crippen molar-refractivity contribution in [3.05, 3.63) is 58.9 Å². The summed E-state index contributed by atoms with van der Waals surface area (Å²) in [7, 11) is 1.32. The lowest BCUT2D eigenvalue weighted by atomic mass is 10.2. The number of ether oxygens (including phenoxy) is 1. The SMILES string of the molecule is COC(=O)c1ccc(S)cn1.Cc1cccc(Cl)c1. The Bertz CT molecular complexity index is 526. The third-order valence-electron chi connectivity index (χ3n) is 2.12. The maximum atomic E-state index is 10.8. The van der Waals surface area contributed by atoms with Crippen molar-refractivity contribution in [2.24, 2.45) is 0 Å². The van der Waals surface area contributed by atoms with Crippen molar-refractivity contribution in [1.82, 2.24) is 4.98 Å². The van der Waals surface area contributed by atoms with E-state index in [1.165, 1.54) is 18.9 Å². The second-order valence-corrected chi connectivity index (χ2v) is 4.65. The normalized spacial score (nSPS) is 9.26. The van der Waals surface area contributed by atoms with Gasteiger partial charge in [0, 0.05) is 16.1 Å². The van der Waals surface area contributed by atoms with Crippen LogP contribution in [-0.2, 0) is 4.74 Å². The number of rotatable bonds is 1. The van der Waals surface area contributed by atoms with Crippen LogP contribution in [0.5, 0.6) is 0 Å². The van der Waals surface area contributed by atoms with E-state index in [1.807, 2.05) is 31.2 Å². The van der Waals surface area contributed by atoms with Crippen LogP contribution in [-0.4, -0.2) is 18.1 Å². The third-order valence-corrected chi connectivity index (χ3v) is 2.62. The van der Waals surface area contributed by atoms with Gasteiger partial charge in [-0.25, -0.2) is 9.78 Å². The molecule has 0 unspecified atom stereocenters. The van der Waals surface area contributed by atoms with E-state index in [0.29, 0.717) is 5.69 Å². The lowest BCUT2D eigenvalue weighted by molar-refractivity contribution is 0.0594. The zero-order chi connectivity index (χ0) is 14.3. The number of methoxy groups -OCH3 is 1. The molecule has 0 aliphatic rings. The molecule has 0 saturated heterocycles. The minimum atomic E-state index is -0.432. The molecule has 19 heavy (non-hydrogen) atoms. The molecule has 0 amide bonds. The van der Waals surface area contributed by atoms with Crippen LogP contribution in [0, 0.1) is 6.92 Å². The van der Waals surface area contributed by atoms with Crippen molar-refractivity contribution in [2.45, 2.75) is 11.8 Å². The number of thiol groups is 1. The number of aryl methyl sites for hydroxylation is 1. The highest BCUT2D eigenvalue weighted by Gasteiger charge is 2.04. The number of aromatic nitrogens is 1. The molecule has 0 bridgehead atoms. The Labute approximate surface area is 123 Å².